The molecule has 1 aromatic heterocycles. The molecular formula is C15H15Br2N. The van der Waals surface area contributed by atoms with Gasteiger partial charge in [0, 0.05) is 21.2 Å². The highest BCUT2D eigenvalue weighted by molar-refractivity contribution is 9.10. The number of nitrogens with zero attached hydrogens (tertiary/aromatic N) is 1. The number of pyridine rings is 1. The van der Waals surface area contributed by atoms with Crippen molar-refractivity contribution in [3.63, 3.8) is 0 Å². The highest BCUT2D eigenvalue weighted by atomic mass is 79.9. The van der Waals surface area contributed by atoms with Gasteiger partial charge >= 0.3 is 0 Å². The highest BCUT2D eigenvalue weighted by Crippen LogP contribution is 2.32. The van der Waals surface area contributed by atoms with Crippen molar-refractivity contribution < 1.29 is 0 Å². The first-order chi connectivity index (χ1) is 8.66. The van der Waals surface area contributed by atoms with Crippen molar-refractivity contribution in [3.05, 3.63) is 64.4 Å². The number of hydrogen-bond donors (Lipinski definition) is 0. The van der Waals surface area contributed by atoms with E-state index in [2.05, 4.69) is 74.1 Å². The molecule has 3 heteroatoms. The predicted molar refractivity (Wildman–Crippen MR) is 82.9 cm³/mol. The third-order valence-corrected chi connectivity index (χ3v) is 4.84. The van der Waals surface area contributed by atoms with Gasteiger partial charge in [0.15, 0.2) is 0 Å². The van der Waals surface area contributed by atoms with E-state index in [0.29, 0.717) is 10.7 Å². The summed E-state index contributed by atoms with van der Waals surface area (Å²) >= 11 is 7.19. The Morgan fingerprint density at radius 2 is 1.83 bits per heavy atom. The molecule has 1 nitrogen and oxygen atoms in total. The summed E-state index contributed by atoms with van der Waals surface area (Å²) < 4.78 is 1.03. The van der Waals surface area contributed by atoms with Crippen molar-refractivity contribution in [1.29, 1.82) is 0 Å². The summed E-state index contributed by atoms with van der Waals surface area (Å²) in [6, 6.07) is 14.6. The van der Waals surface area contributed by atoms with E-state index in [0.717, 1.165) is 16.6 Å². The van der Waals surface area contributed by atoms with Gasteiger partial charge in [-0.05, 0) is 46.0 Å². The van der Waals surface area contributed by atoms with Gasteiger partial charge < -0.3 is 0 Å². The van der Waals surface area contributed by atoms with E-state index in [4.69, 9.17) is 0 Å². The number of benzene rings is 1. The van der Waals surface area contributed by atoms with Crippen LogP contribution in [0.1, 0.15) is 23.0 Å². The number of alkyl halides is 1. The van der Waals surface area contributed by atoms with Crippen LogP contribution in [0.4, 0.5) is 0 Å². The summed E-state index contributed by atoms with van der Waals surface area (Å²) in [5.74, 6) is 0.501. The molecule has 2 unspecified atom stereocenters. The van der Waals surface area contributed by atoms with Crippen LogP contribution in [0.2, 0.25) is 0 Å². The normalized spacial score (nSPS) is 14.2. The lowest BCUT2D eigenvalue weighted by molar-refractivity contribution is 0.564. The second-order valence-electron chi connectivity index (χ2n) is 4.46. The summed E-state index contributed by atoms with van der Waals surface area (Å²) in [5.41, 5.74) is 2.45. The van der Waals surface area contributed by atoms with E-state index < -0.39 is 0 Å². The van der Waals surface area contributed by atoms with Gasteiger partial charge in [0.25, 0.3) is 0 Å². The molecule has 0 aliphatic rings. The zero-order valence-corrected chi connectivity index (χ0v) is 13.4. The number of aromatic nitrogens is 1. The summed E-state index contributed by atoms with van der Waals surface area (Å²) in [5, 5.41) is 0. The Hall–Kier alpha value is -0.670. The monoisotopic (exact) mass is 367 g/mol. The van der Waals surface area contributed by atoms with E-state index in [9.17, 15) is 0 Å². The van der Waals surface area contributed by atoms with E-state index in [1.165, 1.54) is 5.56 Å². The van der Waals surface area contributed by atoms with E-state index >= 15 is 0 Å². The maximum Gasteiger partial charge on any atom is 0.0424 e. The minimum Gasteiger partial charge on any atom is -0.260 e. The van der Waals surface area contributed by atoms with Gasteiger partial charge in [0.2, 0.25) is 0 Å². The molecular weight excluding hydrogens is 354 g/mol. The minimum atomic E-state index is 0.365. The van der Waals surface area contributed by atoms with E-state index in [-0.39, 0.29) is 0 Å². The van der Waals surface area contributed by atoms with Crippen LogP contribution in [0.3, 0.4) is 0 Å². The third-order valence-electron chi connectivity index (χ3n) is 2.94. The molecule has 1 aromatic carbocycles. The average molecular weight is 369 g/mol. The standard InChI is InChI=1S/C15H15Br2N/c1-11(9-14-8-7-13(16)10-18-14)15(17)12-5-3-2-4-6-12/h2-8,10-11,15H,9H2,1H3. The molecule has 0 fully saturated rings. The van der Waals surface area contributed by atoms with E-state index in [1.54, 1.807) is 0 Å². The van der Waals surface area contributed by atoms with Crippen LogP contribution < -0.4 is 0 Å². The Kier molecular flexibility index (Phi) is 4.95. The second-order valence-corrected chi connectivity index (χ2v) is 6.36. The summed E-state index contributed by atoms with van der Waals surface area (Å²) in [7, 11) is 0. The molecule has 0 aliphatic heterocycles. The first-order valence-corrected chi connectivity index (χ1v) is 7.67. The molecule has 0 bridgehead atoms. The van der Waals surface area contributed by atoms with Crippen LogP contribution in [-0.2, 0) is 6.42 Å². The lowest BCUT2D eigenvalue weighted by atomic mass is 9.96. The molecule has 0 N–H and O–H groups in total. The predicted octanol–water partition coefficient (Wildman–Crippen LogP) is 5.16. The second kappa shape index (κ2) is 6.48. The van der Waals surface area contributed by atoms with Gasteiger partial charge in [-0.2, -0.15) is 0 Å². The molecule has 0 spiro atoms. The number of halogens is 2. The zero-order valence-electron chi connectivity index (χ0n) is 10.2. The molecule has 94 valence electrons. The van der Waals surface area contributed by atoms with Gasteiger partial charge in [-0.25, -0.2) is 0 Å². The molecule has 1 heterocycles. The lowest BCUT2D eigenvalue weighted by Crippen LogP contribution is -2.08. The maximum atomic E-state index is 4.43. The maximum absolute atomic E-state index is 4.43. The van der Waals surface area contributed by atoms with Crippen LogP contribution in [0.25, 0.3) is 0 Å². The Balaban J connectivity index is 2.03. The topological polar surface area (TPSA) is 12.9 Å². The summed E-state index contributed by atoms with van der Waals surface area (Å²) in [4.78, 5) is 4.79. The van der Waals surface area contributed by atoms with Crippen molar-refractivity contribution in [2.75, 3.05) is 0 Å². The van der Waals surface area contributed by atoms with Crippen molar-refractivity contribution in [2.45, 2.75) is 18.2 Å². The molecule has 0 saturated carbocycles. The fourth-order valence-electron chi connectivity index (χ4n) is 1.93. The first-order valence-electron chi connectivity index (χ1n) is 5.96. The van der Waals surface area contributed by atoms with Gasteiger partial charge in [-0.15, -0.1) is 0 Å². The molecule has 0 radical (unpaired) electrons. The van der Waals surface area contributed by atoms with Gasteiger partial charge in [-0.1, -0.05) is 53.2 Å². The average Bonchev–Trinajstić information content (AvgIpc) is 2.41. The number of hydrogen-bond acceptors (Lipinski definition) is 1. The van der Waals surface area contributed by atoms with Gasteiger partial charge in [0.05, 0.1) is 0 Å². The number of rotatable bonds is 4. The first kappa shape index (κ1) is 13.8. The summed E-state index contributed by atoms with van der Waals surface area (Å²) in [6.07, 6.45) is 2.83. The fourth-order valence-corrected chi connectivity index (χ4v) is 2.65. The van der Waals surface area contributed by atoms with Crippen LogP contribution in [-0.4, -0.2) is 4.98 Å². The molecule has 0 amide bonds. The fraction of sp³-hybridized carbons (Fsp3) is 0.267. The van der Waals surface area contributed by atoms with Gasteiger partial charge in [0.1, 0.15) is 0 Å². The van der Waals surface area contributed by atoms with Crippen LogP contribution in [0.5, 0.6) is 0 Å². The Labute approximate surface area is 125 Å². The Morgan fingerprint density at radius 3 is 2.44 bits per heavy atom. The minimum absolute atomic E-state index is 0.365. The van der Waals surface area contributed by atoms with E-state index in [1.807, 2.05) is 18.3 Å². The van der Waals surface area contributed by atoms with Crippen molar-refractivity contribution in [2.24, 2.45) is 5.92 Å². The quantitative estimate of drug-likeness (QED) is 0.679. The third kappa shape index (κ3) is 3.66. The molecule has 18 heavy (non-hydrogen) atoms. The Bertz CT molecular complexity index is 482. The van der Waals surface area contributed by atoms with Crippen LogP contribution in [0.15, 0.2) is 53.1 Å². The van der Waals surface area contributed by atoms with Crippen molar-refractivity contribution >= 4 is 31.9 Å². The Morgan fingerprint density at radius 1 is 1.11 bits per heavy atom. The molecule has 0 saturated heterocycles. The van der Waals surface area contributed by atoms with Crippen LogP contribution in [0, 0.1) is 5.92 Å². The van der Waals surface area contributed by atoms with Crippen molar-refractivity contribution in [1.82, 2.24) is 4.98 Å². The van der Waals surface area contributed by atoms with Crippen LogP contribution >= 0.6 is 31.9 Å². The molecule has 2 atom stereocenters. The molecule has 2 aromatic rings. The highest BCUT2D eigenvalue weighted by Gasteiger charge is 2.16. The molecule has 0 aliphatic carbocycles. The summed E-state index contributed by atoms with van der Waals surface area (Å²) in [6.45, 7) is 2.25. The zero-order chi connectivity index (χ0) is 13.0. The SMILES string of the molecule is CC(Cc1ccc(Br)cn1)C(Br)c1ccccc1. The lowest BCUT2D eigenvalue weighted by Gasteiger charge is -2.18. The largest absolute Gasteiger partial charge is 0.260 e. The van der Waals surface area contributed by atoms with Crippen molar-refractivity contribution in [3.8, 4) is 0 Å². The van der Waals surface area contributed by atoms with Gasteiger partial charge in [-0.3, -0.25) is 4.98 Å². The smallest absolute Gasteiger partial charge is 0.0424 e. The molecule has 2 rings (SSSR count).